The molecule has 0 amide bonds. The van der Waals surface area contributed by atoms with E-state index in [2.05, 4.69) is 24.3 Å². The van der Waals surface area contributed by atoms with Gasteiger partial charge in [0.05, 0.1) is 5.92 Å². The molecule has 0 saturated heterocycles. The summed E-state index contributed by atoms with van der Waals surface area (Å²) in [6.45, 7) is 0. The molecule has 1 atom stereocenters. The van der Waals surface area contributed by atoms with E-state index in [-0.39, 0.29) is 12.2 Å². The summed E-state index contributed by atoms with van der Waals surface area (Å²) in [5, 5.41) is 9.56. The lowest BCUT2D eigenvalue weighted by Crippen LogP contribution is -2.18. The standard InChI is InChI=1S/C27H29NO3/c1-28(2)25-17-15-22(16-18-25)21-11-13-23(14-12-21)26(29)19-24(27(30)31)10-6-9-20-7-4-3-5-8-20/h3-5,7-8,11-18,24H,6,9-10,19H2,1-2H3,(H,30,31). The fraction of sp³-hybridized carbons (Fsp3) is 0.259. The topological polar surface area (TPSA) is 57.6 Å². The Hall–Kier alpha value is -3.40. The number of rotatable bonds is 10. The second kappa shape index (κ2) is 10.6. The molecule has 3 aromatic rings. The normalized spacial score (nSPS) is 11.7. The Bertz CT molecular complexity index is 993. The second-order valence-electron chi connectivity index (χ2n) is 8.06. The minimum absolute atomic E-state index is 0.0288. The van der Waals surface area contributed by atoms with Crippen LogP contribution < -0.4 is 4.90 Å². The molecule has 0 radical (unpaired) electrons. The van der Waals surface area contributed by atoms with Crippen molar-refractivity contribution in [2.75, 3.05) is 19.0 Å². The molecule has 0 saturated carbocycles. The summed E-state index contributed by atoms with van der Waals surface area (Å²) in [4.78, 5) is 26.4. The maximum atomic E-state index is 12.7. The first-order chi connectivity index (χ1) is 14.9. The van der Waals surface area contributed by atoms with Crippen molar-refractivity contribution >= 4 is 17.4 Å². The van der Waals surface area contributed by atoms with Crippen LogP contribution in [0.1, 0.15) is 35.2 Å². The van der Waals surface area contributed by atoms with Gasteiger partial charge in [0.2, 0.25) is 0 Å². The van der Waals surface area contributed by atoms with Gasteiger partial charge in [-0.15, -0.1) is 0 Å². The average molecular weight is 416 g/mol. The van der Waals surface area contributed by atoms with E-state index in [0.29, 0.717) is 12.0 Å². The van der Waals surface area contributed by atoms with Gasteiger partial charge >= 0.3 is 5.97 Å². The van der Waals surface area contributed by atoms with Gasteiger partial charge in [-0.25, -0.2) is 0 Å². The highest BCUT2D eigenvalue weighted by Crippen LogP contribution is 2.24. The minimum Gasteiger partial charge on any atom is -0.481 e. The summed E-state index contributed by atoms with van der Waals surface area (Å²) in [7, 11) is 4.00. The monoisotopic (exact) mass is 415 g/mol. The number of Topliss-reactive ketones (excluding diaryl/α,β-unsaturated/α-hetero) is 1. The summed E-state index contributed by atoms with van der Waals surface area (Å²) in [5.41, 5.74) is 4.98. The van der Waals surface area contributed by atoms with E-state index in [1.54, 1.807) is 12.1 Å². The van der Waals surface area contributed by atoms with Crippen LogP contribution in [0.25, 0.3) is 11.1 Å². The van der Waals surface area contributed by atoms with Crippen LogP contribution in [0, 0.1) is 5.92 Å². The van der Waals surface area contributed by atoms with Crippen LogP contribution >= 0.6 is 0 Å². The maximum absolute atomic E-state index is 12.7. The first kappa shape index (κ1) is 22.3. The molecule has 4 heteroatoms. The molecule has 0 aliphatic carbocycles. The molecule has 0 aromatic heterocycles. The third-order valence-corrected chi connectivity index (χ3v) is 5.57. The molecule has 31 heavy (non-hydrogen) atoms. The summed E-state index contributed by atoms with van der Waals surface area (Å²) in [6, 6.07) is 25.6. The molecule has 0 fully saturated rings. The lowest BCUT2D eigenvalue weighted by atomic mass is 9.92. The van der Waals surface area contributed by atoms with Crippen molar-refractivity contribution in [3.05, 3.63) is 90.0 Å². The fourth-order valence-corrected chi connectivity index (χ4v) is 3.65. The van der Waals surface area contributed by atoms with Gasteiger partial charge in [0.15, 0.2) is 5.78 Å². The van der Waals surface area contributed by atoms with Crippen molar-refractivity contribution in [1.29, 1.82) is 0 Å². The summed E-state index contributed by atoms with van der Waals surface area (Å²) < 4.78 is 0. The molecular weight excluding hydrogens is 386 g/mol. The van der Waals surface area contributed by atoms with E-state index in [0.717, 1.165) is 29.7 Å². The highest BCUT2D eigenvalue weighted by atomic mass is 16.4. The third kappa shape index (κ3) is 6.29. The number of aliphatic carboxylic acids is 1. The maximum Gasteiger partial charge on any atom is 0.306 e. The van der Waals surface area contributed by atoms with Crippen molar-refractivity contribution in [3.63, 3.8) is 0 Å². The molecule has 1 unspecified atom stereocenters. The van der Waals surface area contributed by atoms with Gasteiger partial charge < -0.3 is 10.0 Å². The first-order valence-corrected chi connectivity index (χ1v) is 10.6. The van der Waals surface area contributed by atoms with Gasteiger partial charge in [0, 0.05) is 31.8 Å². The predicted octanol–water partition coefficient (Wildman–Crippen LogP) is 5.72. The molecule has 0 bridgehead atoms. The molecule has 0 aliphatic rings. The highest BCUT2D eigenvalue weighted by Gasteiger charge is 2.21. The number of nitrogens with zero attached hydrogens (tertiary/aromatic N) is 1. The quantitative estimate of drug-likeness (QED) is 0.431. The first-order valence-electron chi connectivity index (χ1n) is 10.6. The van der Waals surface area contributed by atoms with Crippen LogP contribution in [0.5, 0.6) is 0 Å². The Balaban J connectivity index is 1.59. The fourth-order valence-electron chi connectivity index (χ4n) is 3.65. The van der Waals surface area contributed by atoms with Gasteiger partial charge in [-0.1, -0.05) is 66.7 Å². The molecule has 4 nitrogen and oxygen atoms in total. The van der Waals surface area contributed by atoms with Crippen LogP contribution in [0.4, 0.5) is 5.69 Å². The van der Waals surface area contributed by atoms with Crippen LogP contribution in [-0.2, 0) is 11.2 Å². The lowest BCUT2D eigenvalue weighted by Gasteiger charge is -2.13. The Morgan fingerprint density at radius 1 is 0.839 bits per heavy atom. The minimum atomic E-state index is -0.904. The number of benzene rings is 3. The summed E-state index contributed by atoms with van der Waals surface area (Å²) >= 11 is 0. The highest BCUT2D eigenvalue weighted by molar-refractivity contribution is 5.98. The van der Waals surface area contributed by atoms with Crippen molar-refractivity contribution in [3.8, 4) is 11.1 Å². The molecule has 160 valence electrons. The van der Waals surface area contributed by atoms with Gasteiger partial charge in [0.1, 0.15) is 0 Å². The summed E-state index contributed by atoms with van der Waals surface area (Å²) in [6.07, 6.45) is 2.09. The van der Waals surface area contributed by atoms with Crippen molar-refractivity contribution in [2.45, 2.75) is 25.7 Å². The SMILES string of the molecule is CN(C)c1ccc(-c2ccc(C(=O)CC(CCCc3ccccc3)C(=O)O)cc2)cc1. The molecule has 1 N–H and O–H groups in total. The summed E-state index contributed by atoms with van der Waals surface area (Å²) in [5.74, 6) is -1.69. The lowest BCUT2D eigenvalue weighted by molar-refractivity contribution is -0.141. The number of carbonyl (C=O) groups is 2. The second-order valence-corrected chi connectivity index (χ2v) is 8.06. The number of carboxylic acids is 1. The zero-order valence-corrected chi connectivity index (χ0v) is 18.1. The van der Waals surface area contributed by atoms with E-state index in [1.165, 1.54) is 5.56 Å². The van der Waals surface area contributed by atoms with Gasteiger partial charge in [-0.05, 0) is 48.1 Å². The van der Waals surface area contributed by atoms with E-state index < -0.39 is 11.9 Å². The number of hydrogen-bond donors (Lipinski definition) is 1. The van der Waals surface area contributed by atoms with Crippen molar-refractivity contribution < 1.29 is 14.7 Å². The average Bonchev–Trinajstić information content (AvgIpc) is 2.79. The van der Waals surface area contributed by atoms with Crippen molar-refractivity contribution in [2.24, 2.45) is 5.92 Å². The number of carbonyl (C=O) groups excluding carboxylic acids is 1. The van der Waals surface area contributed by atoms with Crippen LogP contribution in [0.2, 0.25) is 0 Å². The predicted molar refractivity (Wildman–Crippen MR) is 126 cm³/mol. The van der Waals surface area contributed by atoms with E-state index in [4.69, 9.17) is 0 Å². The molecule has 3 rings (SSSR count). The largest absolute Gasteiger partial charge is 0.481 e. The zero-order valence-electron chi connectivity index (χ0n) is 18.1. The molecule has 0 spiro atoms. The Morgan fingerprint density at radius 3 is 1.97 bits per heavy atom. The van der Waals surface area contributed by atoms with Gasteiger partial charge in [-0.3, -0.25) is 9.59 Å². The Morgan fingerprint density at radius 2 is 1.42 bits per heavy atom. The van der Waals surface area contributed by atoms with E-state index >= 15 is 0 Å². The molecule has 0 aliphatic heterocycles. The Labute approximate surface area is 184 Å². The smallest absolute Gasteiger partial charge is 0.306 e. The van der Waals surface area contributed by atoms with Crippen molar-refractivity contribution in [1.82, 2.24) is 0 Å². The number of hydrogen-bond acceptors (Lipinski definition) is 3. The molecular formula is C27H29NO3. The number of ketones is 1. The van der Waals surface area contributed by atoms with E-state index in [1.807, 2.05) is 61.5 Å². The molecule has 0 heterocycles. The number of carboxylic acid groups (broad SMARTS) is 1. The number of aryl methyl sites for hydroxylation is 1. The third-order valence-electron chi connectivity index (χ3n) is 5.57. The zero-order chi connectivity index (χ0) is 22.2. The van der Waals surface area contributed by atoms with E-state index in [9.17, 15) is 14.7 Å². The molecule has 3 aromatic carbocycles. The number of anilines is 1. The van der Waals surface area contributed by atoms with Gasteiger partial charge in [0.25, 0.3) is 0 Å². The van der Waals surface area contributed by atoms with Gasteiger partial charge in [-0.2, -0.15) is 0 Å². The van der Waals surface area contributed by atoms with Crippen LogP contribution in [0.3, 0.4) is 0 Å². The Kier molecular flexibility index (Phi) is 7.60. The van der Waals surface area contributed by atoms with Crippen LogP contribution in [0.15, 0.2) is 78.9 Å². The van der Waals surface area contributed by atoms with Crippen LogP contribution in [-0.4, -0.2) is 31.0 Å².